The number of pyridine rings is 1. The van der Waals surface area contributed by atoms with E-state index in [-0.39, 0.29) is 17.6 Å². The van der Waals surface area contributed by atoms with Crippen LogP contribution in [0.25, 0.3) is 22.2 Å². The summed E-state index contributed by atoms with van der Waals surface area (Å²) in [5.41, 5.74) is 3.06. The van der Waals surface area contributed by atoms with E-state index >= 15 is 0 Å². The summed E-state index contributed by atoms with van der Waals surface area (Å²) in [7, 11) is 0. The van der Waals surface area contributed by atoms with Crippen LogP contribution in [-0.4, -0.2) is 49.7 Å². The van der Waals surface area contributed by atoms with Gasteiger partial charge in [-0.25, -0.2) is 9.97 Å². The molecule has 6 rings (SSSR count). The predicted octanol–water partition coefficient (Wildman–Crippen LogP) is 5.11. The third kappa shape index (κ3) is 4.57. The van der Waals surface area contributed by atoms with E-state index in [9.17, 15) is 4.79 Å². The van der Waals surface area contributed by atoms with E-state index in [2.05, 4.69) is 35.4 Å². The number of halogens is 2. The summed E-state index contributed by atoms with van der Waals surface area (Å²) in [6, 6.07) is 5.73. The monoisotopic (exact) mass is 537 g/mol. The molecular formula is C26H25Cl2N7O2. The zero-order valence-corrected chi connectivity index (χ0v) is 21.7. The molecule has 1 spiro atoms. The second kappa shape index (κ2) is 9.46. The van der Waals surface area contributed by atoms with Crippen LogP contribution in [0, 0.1) is 0 Å². The van der Waals surface area contributed by atoms with Crippen molar-refractivity contribution in [3.8, 4) is 17.0 Å². The van der Waals surface area contributed by atoms with Gasteiger partial charge in [0.25, 0.3) is 0 Å². The van der Waals surface area contributed by atoms with Gasteiger partial charge in [0.15, 0.2) is 0 Å². The largest absolute Gasteiger partial charge is 0.486 e. The Morgan fingerprint density at radius 2 is 1.78 bits per heavy atom. The molecule has 5 heterocycles. The fourth-order valence-electron chi connectivity index (χ4n) is 5.25. The van der Waals surface area contributed by atoms with E-state index in [1.807, 2.05) is 25.1 Å². The van der Waals surface area contributed by atoms with Crippen molar-refractivity contribution in [2.24, 2.45) is 0 Å². The van der Waals surface area contributed by atoms with Crippen LogP contribution in [0.4, 0.5) is 5.95 Å². The first-order valence-corrected chi connectivity index (χ1v) is 13.0. The van der Waals surface area contributed by atoms with Crippen molar-refractivity contribution >= 4 is 46.0 Å². The van der Waals surface area contributed by atoms with Gasteiger partial charge in [-0.3, -0.25) is 14.9 Å². The van der Waals surface area contributed by atoms with E-state index in [0.29, 0.717) is 33.7 Å². The lowest BCUT2D eigenvalue weighted by Crippen LogP contribution is -2.51. The molecule has 0 saturated carbocycles. The highest BCUT2D eigenvalue weighted by Crippen LogP contribution is 2.35. The maximum atomic E-state index is 11.7. The van der Waals surface area contributed by atoms with Gasteiger partial charge in [0, 0.05) is 66.3 Å². The highest BCUT2D eigenvalue weighted by molar-refractivity contribution is 6.35. The van der Waals surface area contributed by atoms with Crippen molar-refractivity contribution in [2.45, 2.75) is 44.2 Å². The third-order valence-corrected chi connectivity index (χ3v) is 7.90. The summed E-state index contributed by atoms with van der Waals surface area (Å²) < 4.78 is 6.17. The normalized spacial score (nSPS) is 17.8. The number of hydrogen-bond donors (Lipinski definition) is 2. The Morgan fingerprint density at radius 1 is 1.05 bits per heavy atom. The molecule has 2 aliphatic rings. The molecule has 9 nitrogen and oxygen atoms in total. The van der Waals surface area contributed by atoms with Crippen LogP contribution in [0.2, 0.25) is 10.0 Å². The number of H-pyrrole nitrogens is 1. The number of aromatic amines is 1. The summed E-state index contributed by atoms with van der Waals surface area (Å²) in [5, 5.41) is 12.6. The number of nitrogens with one attached hydrogen (secondary N) is 2. The minimum Gasteiger partial charge on any atom is -0.486 e. The number of nitrogens with zero attached hydrogens (tertiary/aromatic N) is 5. The minimum absolute atomic E-state index is 0.0488. The molecule has 2 fully saturated rings. The first kappa shape index (κ1) is 23.9. The average Bonchev–Trinajstić information content (AvgIpc) is 3.47. The van der Waals surface area contributed by atoms with Crippen molar-refractivity contribution < 1.29 is 9.53 Å². The molecule has 37 heavy (non-hydrogen) atoms. The first-order valence-electron chi connectivity index (χ1n) is 12.2. The second-order valence-electron chi connectivity index (χ2n) is 9.64. The quantitative estimate of drug-likeness (QED) is 0.364. The third-order valence-electron chi connectivity index (χ3n) is 7.29. The van der Waals surface area contributed by atoms with Gasteiger partial charge in [-0.15, -0.1) is 0 Å². The summed E-state index contributed by atoms with van der Waals surface area (Å²) >= 11 is 12.6. The zero-order chi connectivity index (χ0) is 25.6. The lowest BCUT2D eigenvalue weighted by atomic mass is 9.86. The summed E-state index contributed by atoms with van der Waals surface area (Å²) in [4.78, 5) is 27.1. The van der Waals surface area contributed by atoms with Crippen molar-refractivity contribution in [2.75, 3.05) is 18.0 Å². The lowest BCUT2D eigenvalue weighted by Gasteiger charge is -2.39. The Labute approximate surface area is 223 Å². The van der Waals surface area contributed by atoms with Gasteiger partial charge in [0.1, 0.15) is 17.5 Å². The Bertz CT molecular complexity index is 1450. The van der Waals surface area contributed by atoms with Gasteiger partial charge in [-0.2, -0.15) is 5.10 Å². The maximum Gasteiger partial charge on any atom is 0.225 e. The van der Waals surface area contributed by atoms with Crippen LogP contribution < -0.4 is 15.0 Å². The van der Waals surface area contributed by atoms with Gasteiger partial charge in [0.2, 0.25) is 11.9 Å². The smallest absolute Gasteiger partial charge is 0.225 e. The van der Waals surface area contributed by atoms with Crippen LogP contribution in [0.5, 0.6) is 5.75 Å². The van der Waals surface area contributed by atoms with Gasteiger partial charge in [-0.1, -0.05) is 23.2 Å². The fourth-order valence-corrected chi connectivity index (χ4v) is 5.92. The Morgan fingerprint density at radius 3 is 2.46 bits per heavy atom. The standard InChI is InChI=1S/C26H25Cl2N7O2/c1-15(23-19(27)13-29-14-20(23)28)37-17-2-3-21-18(10-17)24(34-33-21)16-11-30-25(31-12-16)35-8-6-26(7-9-35)5-4-22(36)32-26/h2-3,10-15H,4-9H2,1H3,(H,32,36)(H,33,34)/t15-/m1/s1. The number of hydrogen-bond acceptors (Lipinski definition) is 7. The Hall–Kier alpha value is -3.43. The molecule has 3 aromatic heterocycles. The molecule has 0 bridgehead atoms. The average molecular weight is 538 g/mol. The van der Waals surface area contributed by atoms with Crippen molar-refractivity contribution in [1.82, 2.24) is 30.5 Å². The summed E-state index contributed by atoms with van der Waals surface area (Å²) in [6.45, 7) is 3.52. The van der Waals surface area contributed by atoms with Crippen molar-refractivity contribution in [1.29, 1.82) is 0 Å². The van der Waals surface area contributed by atoms with Crippen molar-refractivity contribution in [3.05, 3.63) is 58.6 Å². The molecule has 190 valence electrons. The number of amides is 1. The molecular weight excluding hydrogens is 513 g/mol. The summed E-state index contributed by atoms with van der Waals surface area (Å²) in [5.74, 6) is 1.50. The number of aromatic nitrogens is 5. The summed E-state index contributed by atoms with van der Waals surface area (Å²) in [6.07, 6.45) is 9.68. The number of carbonyl (C=O) groups excluding carboxylic acids is 1. The molecule has 2 saturated heterocycles. The van der Waals surface area contributed by atoms with E-state index in [4.69, 9.17) is 27.9 Å². The molecule has 1 aromatic carbocycles. The SMILES string of the molecule is C[C@@H](Oc1ccc2[nH]nc(-c3cnc(N4CCC5(CCC(=O)N5)CC4)nc3)c2c1)c1c(Cl)cncc1Cl. The number of rotatable bonds is 5. The molecule has 1 amide bonds. The minimum atomic E-state index is -0.375. The number of fused-ring (bicyclic) bond motifs is 1. The first-order chi connectivity index (χ1) is 17.9. The van der Waals surface area contributed by atoms with E-state index < -0.39 is 0 Å². The lowest BCUT2D eigenvalue weighted by molar-refractivity contribution is -0.119. The maximum absolute atomic E-state index is 11.7. The van der Waals surface area contributed by atoms with E-state index in [1.54, 1.807) is 24.8 Å². The molecule has 4 aromatic rings. The molecule has 0 radical (unpaired) electrons. The zero-order valence-electron chi connectivity index (χ0n) is 20.2. The highest BCUT2D eigenvalue weighted by Gasteiger charge is 2.40. The van der Waals surface area contributed by atoms with Gasteiger partial charge >= 0.3 is 0 Å². The van der Waals surface area contributed by atoms with Crippen molar-refractivity contribution in [3.63, 3.8) is 0 Å². The van der Waals surface area contributed by atoms with E-state index in [1.165, 1.54) is 0 Å². The molecule has 2 aliphatic heterocycles. The fraction of sp³-hybridized carbons (Fsp3) is 0.346. The van der Waals surface area contributed by atoms with E-state index in [0.717, 1.165) is 54.5 Å². The Kier molecular flexibility index (Phi) is 6.12. The molecule has 0 unspecified atom stereocenters. The topological polar surface area (TPSA) is 109 Å². The van der Waals surface area contributed by atoms with Crippen LogP contribution in [0.1, 0.15) is 44.3 Å². The van der Waals surface area contributed by atoms with Crippen LogP contribution >= 0.6 is 23.2 Å². The number of anilines is 1. The number of benzene rings is 1. The number of ether oxygens (including phenoxy) is 1. The van der Waals surface area contributed by atoms with Gasteiger partial charge < -0.3 is 15.0 Å². The van der Waals surface area contributed by atoms with Crippen LogP contribution in [-0.2, 0) is 4.79 Å². The van der Waals surface area contributed by atoms with Crippen LogP contribution in [0.15, 0.2) is 43.0 Å². The number of carbonyl (C=O) groups is 1. The number of piperidine rings is 1. The second-order valence-corrected chi connectivity index (χ2v) is 10.5. The van der Waals surface area contributed by atoms with Gasteiger partial charge in [-0.05, 0) is 44.4 Å². The molecule has 2 N–H and O–H groups in total. The van der Waals surface area contributed by atoms with Crippen LogP contribution in [0.3, 0.4) is 0 Å². The van der Waals surface area contributed by atoms with Gasteiger partial charge in [0.05, 0.1) is 15.6 Å². The molecule has 1 atom stereocenters. The Balaban J connectivity index is 1.19. The molecule has 11 heteroatoms. The highest BCUT2D eigenvalue weighted by atomic mass is 35.5. The molecule has 0 aliphatic carbocycles. The predicted molar refractivity (Wildman–Crippen MR) is 142 cm³/mol.